The standard InChI is InChI=1S/C11H15BrN6/c1-3-9-15-8(12)6-11(16-9)13-5-4-10-14-7-18(2)17-10/h6-7H,3-5H2,1-2H3,(H,13,15,16). The summed E-state index contributed by atoms with van der Waals surface area (Å²) in [5.41, 5.74) is 0. The zero-order chi connectivity index (χ0) is 13.0. The van der Waals surface area contributed by atoms with Gasteiger partial charge in [-0.25, -0.2) is 15.0 Å². The van der Waals surface area contributed by atoms with Crippen LogP contribution in [0, 0.1) is 0 Å². The topological polar surface area (TPSA) is 68.5 Å². The number of rotatable bonds is 5. The fourth-order valence-corrected chi connectivity index (χ4v) is 1.94. The third kappa shape index (κ3) is 3.49. The summed E-state index contributed by atoms with van der Waals surface area (Å²) in [5, 5.41) is 7.46. The largest absolute Gasteiger partial charge is 0.369 e. The number of anilines is 1. The van der Waals surface area contributed by atoms with Crippen LogP contribution in [0.4, 0.5) is 5.82 Å². The zero-order valence-electron chi connectivity index (χ0n) is 10.4. The van der Waals surface area contributed by atoms with E-state index < -0.39 is 0 Å². The number of nitrogens with one attached hydrogen (secondary N) is 1. The normalized spacial score (nSPS) is 10.6. The van der Waals surface area contributed by atoms with Crippen molar-refractivity contribution in [2.75, 3.05) is 11.9 Å². The maximum absolute atomic E-state index is 4.39. The maximum Gasteiger partial charge on any atom is 0.152 e. The molecule has 0 aliphatic carbocycles. The molecule has 0 atom stereocenters. The monoisotopic (exact) mass is 310 g/mol. The first-order chi connectivity index (χ1) is 8.67. The minimum absolute atomic E-state index is 0.747. The highest BCUT2D eigenvalue weighted by Gasteiger charge is 2.02. The van der Waals surface area contributed by atoms with Crippen molar-refractivity contribution in [2.24, 2.45) is 7.05 Å². The van der Waals surface area contributed by atoms with Crippen molar-refractivity contribution < 1.29 is 0 Å². The van der Waals surface area contributed by atoms with Crippen LogP contribution in [0.2, 0.25) is 0 Å². The number of nitrogens with zero attached hydrogens (tertiary/aromatic N) is 5. The molecule has 18 heavy (non-hydrogen) atoms. The van der Waals surface area contributed by atoms with Crippen molar-refractivity contribution in [3.8, 4) is 0 Å². The molecule has 0 unspecified atom stereocenters. The molecule has 0 spiro atoms. The molecule has 0 radical (unpaired) electrons. The number of halogens is 1. The van der Waals surface area contributed by atoms with E-state index in [2.05, 4.69) is 41.3 Å². The Bertz CT molecular complexity index is 524. The highest BCUT2D eigenvalue weighted by molar-refractivity contribution is 9.10. The third-order valence-electron chi connectivity index (χ3n) is 2.36. The Labute approximate surface area is 114 Å². The highest BCUT2D eigenvalue weighted by Crippen LogP contribution is 2.12. The molecule has 96 valence electrons. The first-order valence-corrected chi connectivity index (χ1v) is 6.58. The lowest BCUT2D eigenvalue weighted by Gasteiger charge is -2.06. The summed E-state index contributed by atoms with van der Waals surface area (Å²) in [4.78, 5) is 12.8. The molecule has 0 fully saturated rings. The van der Waals surface area contributed by atoms with Gasteiger partial charge in [0.1, 0.15) is 22.6 Å². The van der Waals surface area contributed by atoms with E-state index in [0.717, 1.165) is 41.5 Å². The van der Waals surface area contributed by atoms with Gasteiger partial charge in [-0.2, -0.15) is 5.10 Å². The van der Waals surface area contributed by atoms with Gasteiger partial charge in [0, 0.05) is 32.5 Å². The number of hydrogen-bond acceptors (Lipinski definition) is 5. The van der Waals surface area contributed by atoms with Gasteiger partial charge >= 0.3 is 0 Å². The molecule has 2 heterocycles. The van der Waals surface area contributed by atoms with Crippen molar-refractivity contribution in [1.82, 2.24) is 24.7 Å². The van der Waals surface area contributed by atoms with Crippen LogP contribution in [0.25, 0.3) is 0 Å². The van der Waals surface area contributed by atoms with Crippen molar-refractivity contribution >= 4 is 21.7 Å². The first kappa shape index (κ1) is 12.9. The molecule has 0 aliphatic rings. The van der Waals surface area contributed by atoms with E-state index in [1.165, 1.54) is 0 Å². The van der Waals surface area contributed by atoms with E-state index in [9.17, 15) is 0 Å². The minimum atomic E-state index is 0.747. The van der Waals surface area contributed by atoms with Crippen LogP contribution in [0.15, 0.2) is 17.0 Å². The van der Waals surface area contributed by atoms with E-state index in [1.54, 1.807) is 11.0 Å². The Kier molecular flexibility index (Phi) is 4.24. The summed E-state index contributed by atoms with van der Waals surface area (Å²) >= 11 is 3.37. The molecule has 7 heteroatoms. The third-order valence-corrected chi connectivity index (χ3v) is 2.77. The molecular formula is C11H15BrN6. The molecule has 2 rings (SSSR count). The molecule has 0 aliphatic heterocycles. The predicted octanol–water partition coefficient (Wildman–Crippen LogP) is 1.58. The van der Waals surface area contributed by atoms with Gasteiger partial charge in [0.05, 0.1) is 0 Å². The lowest BCUT2D eigenvalue weighted by atomic mass is 10.4. The highest BCUT2D eigenvalue weighted by atomic mass is 79.9. The van der Waals surface area contributed by atoms with E-state index in [1.807, 2.05) is 20.0 Å². The van der Waals surface area contributed by atoms with Crippen LogP contribution < -0.4 is 5.32 Å². The summed E-state index contributed by atoms with van der Waals surface area (Å²) in [5.74, 6) is 2.47. The summed E-state index contributed by atoms with van der Waals surface area (Å²) in [7, 11) is 1.86. The maximum atomic E-state index is 4.39. The minimum Gasteiger partial charge on any atom is -0.369 e. The Balaban J connectivity index is 1.91. The number of aromatic nitrogens is 5. The van der Waals surface area contributed by atoms with Crippen LogP contribution >= 0.6 is 15.9 Å². The van der Waals surface area contributed by atoms with E-state index >= 15 is 0 Å². The molecule has 0 saturated carbocycles. The molecule has 0 amide bonds. The van der Waals surface area contributed by atoms with Gasteiger partial charge in [-0.15, -0.1) is 0 Å². The number of aryl methyl sites for hydroxylation is 2. The van der Waals surface area contributed by atoms with Gasteiger partial charge in [0.15, 0.2) is 5.82 Å². The quantitative estimate of drug-likeness (QED) is 0.849. The van der Waals surface area contributed by atoms with Gasteiger partial charge in [-0.05, 0) is 15.9 Å². The van der Waals surface area contributed by atoms with Gasteiger partial charge in [0.2, 0.25) is 0 Å². The van der Waals surface area contributed by atoms with E-state index in [4.69, 9.17) is 0 Å². The average molecular weight is 311 g/mol. The summed E-state index contributed by atoms with van der Waals surface area (Å²) < 4.78 is 2.50. The smallest absolute Gasteiger partial charge is 0.152 e. The van der Waals surface area contributed by atoms with Crippen molar-refractivity contribution in [1.29, 1.82) is 0 Å². The van der Waals surface area contributed by atoms with Crippen LogP contribution in [0.1, 0.15) is 18.6 Å². The fourth-order valence-electron chi connectivity index (χ4n) is 1.51. The molecule has 0 saturated heterocycles. The molecule has 2 aromatic heterocycles. The molecule has 0 aromatic carbocycles. The van der Waals surface area contributed by atoms with Crippen LogP contribution in [0.5, 0.6) is 0 Å². The van der Waals surface area contributed by atoms with Gasteiger partial charge in [-0.3, -0.25) is 4.68 Å². The average Bonchev–Trinajstić information content (AvgIpc) is 2.74. The number of hydrogen-bond donors (Lipinski definition) is 1. The first-order valence-electron chi connectivity index (χ1n) is 5.79. The second-order valence-corrected chi connectivity index (χ2v) is 4.67. The predicted molar refractivity (Wildman–Crippen MR) is 72.3 cm³/mol. The Morgan fingerprint density at radius 3 is 2.83 bits per heavy atom. The van der Waals surface area contributed by atoms with Crippen LogP contribution in [0.3, 0.4) is 0 Å². The Morgan fingerprint density at radius 1 is 1.33 bits per heavy atom. The van der Waals surface area contributed by atoms with Crippen molar-refractivity contribution in [3.05, 3.63) is 28.6 Å². The summed E-state index contributed by atoms with van der Waals surface area (Å²) in [6.07, 6.45) is 3.28. The second kappa shape index (κ2) is 5.90. The van der Waals surface area contributed by atoms with Gasteiger partial charge in [-0.1, -0.05) is 6.92 Å². The van der Waals surface area contributed by atoms with Crippen LogP contribution in [-0.4, -0.2) is 31.3 Å². The lowest BCUT2D eigenvalue weighted by molar-refractivity contribution is 0.741. The molecule has 0 bridgehead atoms. The Morgan fingerprint density at radius 2 is 2.17 bits per heavy atom. The van der Waals surface area contributed by atoms with Crippen molar-refractivity contribution in [2.45, 2.75) is 19.8 Å². The summed E-state index contributed by atoms with van der Waals surface area (Å²) in [6.45, 7) is 2.78. The lowest BCUT2D eigenvalue weighted by Crippen LogP contribution is -2.09. The Hall–Kier alpha value is -1.50. The fraction of sp³-hybridized carbons (Fsp3) is 0.455. The van der Waals surface area contributed by atoms with Gasteiger partial charge in [0.25, 0.3) is 0 Å². The van der Waals surface area contributed by atoms with Crippen LogP contribution in [-0.2, 0) is 19.9 Å². The van der Waals surface area contributed by atoms with E-state index in [0.29, 0.717) is 0 Å². The molecule has 2 aromatic rings. The van der Waals surface area contributed by atoms with Gasteiger partial charge < -0.3 is 5.32 Å². The van der Waals surface area contributed by atoms with Crippen molar-refractivity contribution in [3.63, 3.8) is 0 Å². The van der Waals surface area contributed by atoms with E-state index in [-0.39, 0.29) is 0 Å². The molecule has 6 nitrogen and oxygen atoms in total. The second-order valence-electron chi connectivity index (χ2n) is 3.86. The molecular weight excluding hydrogens is 296 g/mol. The summed E-state index contributed by atoms with van der Waals surface area (Å²) in [6, 6.07) is 1.87. The SMILES string of the molecule is CCc1nc(Br)cc(NCCc2ncn(C)n2)n1. The molecule has 1 N–H and O–H groups in total. The zero-order valence-corrected chi connectivity index (χ0v) is 12.0.